The second-order valence-electron chi connectivity index (χ2n) is 7.18. The van der Waals surface area contributed by atoms with Gasteiger partial charge in [0.1, 0.15) is 5.60 Å². The Bertz CT molecular complexity index is 562. The molecule has 0 bridgehead atoms. The van der Waals surface area contributed by atoms with Gasteiger partial charge < -0.3 is 20.4 Å². The largest absolute Gasteiger partial charge is 0.389 e. The fourth-order valence-corrected chi connectivity index (χ4v) is 3.64. The Morgan fingerprint density at radius 3 is 2.54 bits per heavy atom. The van der Waals surface area contributed by atoms with Crippen molar-refractivity contribution in [3.05, 3.63) is 18.5 Å². The SMILES string of the molecule is O=C(CC1(O)CCCCC1)NC[C@]1(O)CCN(c2ncccn2)C1. The van der Waals surface area contributed by atoms with Gasteiger partial charge >= 0.3 is 0 Å². The number of anilines is 1. The highest BCUT2D eigenvalue weighted by molar-refractivity contribution is 5.77. The molecule has 1 aromatic heterocycles. The summed E-state index contributed by atoms with van der Waals surface area (Å²) in [4.78, 5) is 22.4. The predicted octanol–water partition coefficient (Wildman–Crippen LogP) is 0.619. The molecule has 0 spiro atoms. The number of carbonyl (C=O) groups is 1. The van der Waals surface area contributed by atoms with Gasteiger partial charge in [-0.1, -0.05) is 19.3 Å². The first-order chi connectivity index (χ1) is 11.5. The lowest BCUT2D eigenvalue weighted by Gasteiger charge is -2.32. The molecule has 7 nitrogen and oxygen atoms in total. The van der Waals surface area contributed by atoms with E-state index < -0.39 is 11.2 Å². The van der Waals surface area contributed by atoms with Gasteiger partial charge in [-0.15, -0.1) is 0 Å². The molecule has 1 saturated carbocycles. The van der Waals surface area contributed by atoms with E-state index in [0.717, 1.165) is 19.3 Å². The lowest BCUT2D eigenvalue weighted by Crippen LogP contribution is -2.47. The third-order valence-corrected chi connectivity index (χ3v) is 5.06. The van der Waals surface area contributed by atoms with Gasteiger partial charge in [-0.2, -0.15) is 0 Å². The fraction of sp³-hybridized carbons (Fsp3) is 0.706. The molecule has 3 rings (SSSR count). The molecular weight excluding hydrogens is 308 g/mol. The van der Waals surface area contributed by atoms with E-state index in [4.69, 9.17) is 0 Å². The number of nitrogens with zero attached hydrogens (tertiary/aromatic N) is 3. The van der Waals surface area contributed by atoms with Crippen LogP contribution in [0.25, 0.3) is 0 Å². The molecule has 3 N–H and O–H groups in total. The van der Waals surface area contributed by atoms with Gasteiger partial charge in [-0.25, -0.2) is 9.97 Å². The minimum atomic E-state index is -0.982. The first kappa shape index (κ1) is 17.1. The first-order valence-electron chi connectivity index (χ1n) is 8.72. The lowest BCUT2D eigenvalue weighted by atomic mass is 9.82. The van der Waals surface area contributed by atoms with Crippen molar-refractivity contribution in [3.63, 3.8) is 0 Å². The average molecular weight is 334 g/mol. The van der Waals surface area contributed by atoms with E-state index in [2.05, 4.69) is 15.3 Å². The second kappa shape index (κ2) is 7.03. The van der Waals surface area contributed by atoms with E-state index >= 15 is 0 Å². The molecule has 24 heavy (non-hydrogen) atoms. The standard InChI is InChI=1S/C17H26N4O3/c22-14(11-16(23)5-2-1-3-6-16)20-12-17(24)7-10-21(13-17)15-18-8-4-9-19-15/h4,8-9,23-24H,1-3,5-7,10-13H2,(H,20,22)/t17-/m1/s1. The van der Waals surface area contributed by atoms with Crippen molar-refractivity contribution in [2.24, 2.45) is 0 Å². The Kier molecular flexibility index (Phi) is 5.01. The molecule has 1 aliphatic heterocycles. The van der Waals surface area contributed by atoms with E-state index in [0.29, 0.717) is 38.3 Å². The number of β-amino-alcohol motifs (C(OH)–C–C–N with tert-alkyl or cyclic N) is 1. The summed E-state index contributed by atoms with van der Waals surface area (Å²) in [6.07, 6.45) is 8.46. The monoisotopic (exact) mass is 334 g/mol. The Balaban J connectivity index is 1.48. The minimum Gasteiger partial charge on any atom is -0.389 e. The molecule has 2 fully saturated rings. The van der Waals surface area contributed by atoms with E-state index in [1.807, 2.05) is 4.90 Å². The highest BCUT2D eigenvalue weighted by atomic mass is 16.3. The van der Waals surface area contributed by atoms with Gasteiger partial charge in [0, 0.05) is 25.5 Å². The molecule has 1 amide bonds. The Morgan fingerprint density at radius 1 is 1.12 bits per heavy atom. The third kappa shape index (κ3) is 4.21. The van der Waals surface area contributed by atoms with Crippen LogP contribution in [-0.4, -0.2) is 56.9 Å². The maximum absolute atomic E-state index is 12.1. The zero-order valence-corrected chi connectivity index (χ0v) is 13.9. The van der Waals surface area contributed by atoms with Gasteiger partial charge in [0.2, 0.25) is 11.9 Å². The van der Waals surface area contributed by atoms with Gasteiger partial charge in [0.05, 0.1) is 18.6 Å². The summed E-state index contributed by atoms with van der Waals surface area (Å²) in [7, 11) is 0. The van der Waals surface area contributed by atoms with Crippen LogP contribution in [0.5, 0.6) is 0 Å². The number of aliphatic hydroxyl groups is 2. The smallest absolute Gasteiger partial charge is 0.225 e. The van der Waals surface area contributed by atoms with Gasteiger partial charge in [0.15, 0.2) is 0 Å². The van der Waals surface area contributed by atoms with Crippen molar-refractivity contribution < 1.29 is 15.0 Å². The molecule has 2 heterocycles. The highest BCUT2D eigenvalue weighted by Crippen LogP contribution is 2.31. The maximum Gasteiger partial charge on any atom is 0.225 e. The van der Waals surface area contributed by atoms with Crippen LogP contribution in [0.3, 0.4) is 0 Å². The zero-order chi connectivity index (χ0) is 17.0. The van der Waals surface area contributed by atoms with Crippen molar-refractivity contribution in [3.8, 4) is 0 Å². The van der Waals surface area contributed by atoms with E-state index in [-0.39, 0.29) is 18.9 Å². The number of nitrogens with one attached hydrogen (secondary N) is 1. The zero-order valence-electron chi connectivity index (χ0n) is 13.9. The van der Waals surface area contributed by atoms with Crippen molar-refractivity contribution in [1.82, 2.24) is 15.3 Å². The number of amides is 1. The molecule has 0 unspecified atom stereocenters. The van der Waals surface area contributed by atoms with Crippen LogP contribution >= 0.6 is 0 Å². The van der Waals surface area contributed by atoms with Crippen LogP contribution in [0.2, 0.25) is 0 Å². The summed E-state index contributed by atoms with van der Waals surface area (Å²) < 4.78 is 0. The Hall–Kier alpha value is -1.73. The molecule has 1 atom stereocenters. The van der Waals surface area contributed by atoms with Crippen LogP contribution < -0.4 is 10.2 Å². The number of hydrogen-bond donors (Lipinski definition) is 3. The topological polar surface area (TPSA) is 98.6 Å². The summed E-state index contributed by atoms with van der Waals surface area (Å²) in [5.74, 6) is 0.401. The normalized spacial score (nSPS) is 26.3. The second-order valence-corrected chi connectivity index (χ2v) is 7.18. The van der Waals surface area contributed by atoms with Crippen molar-refractivity contribution in [2.45, 2.75) is 56.1 Å². The highest BCUT2D eigenvalue weighted by Gasteiger charge is 2.38. The maximum atomic E-state index is 12.1. The van der Waals surface area contributed by atoms with Crippen LogP contribution in [-0.2, 0) is 4.79 Å². The van der Waals surface area contributed by atoms with E-state index in [1.165, 1.54) is 0 Å². The first-order valence-corrected chi connectivity index (χ1v) is 8.72. The predicted molar refractivity (Wildman–Crippen MR) is 89.5 cm³/mol. The van der Waals surface area contributed by atoms with Gasteiger partial charge in [0.25, 0.3) is 0 Å². The molecule has 1 saturated heterocycles. The summed E-state index contributed by atoms with van der Waals surface area (Å²) in [6, 6.07) is 1.75. The Labute approximate surface area is 142 Å². The molecule has 132 valence electrons. The molecule has 2 aliphatic rings. The fourth-order valence-electron chi connectivity index (χ4n) is 3.64. The lowest BCUT2D eigenvalue weighted by molar-refractivity contribution is -0.128. The van der Waals surface area contributed by atoms with Crippen LogP contribution in [0, 0.1) is 0 Å². The summed E-state index contributed by atoms with van der Waals surface area (Å²) in [6.45, 7) is 1.23. The molecule has 1 aliphatic carbocycles. The number of carbonyl (C=O) groups excluding carboxylic acids is 1. The molecule has 1 aromatic rings. The molecule has 0 radical (unpaired) electrons. The van der Waals surface area contributed by atoms with Gasteiger partial charge in [-0.05, 0) is 25.3 Å². The summed E-state index contributed by atoms with van der Waals surface area (Å²) in [5, 5.41) is 23.9. The van der Waals surface area contributed by atoms with Crippen molar-refractivity contribution >= 4 is 11.9 Å². The minimum absolute atomic E-state index is 0.120. The molecule has 7 heteroatoms. The number of rotatable bonds is 5. The average Bonchev–Trinajstić information content (AvgIpc) is 2.97. The summed E-state index contributed by atoms with van der Waals surface area (Å²) >= 11 is 0. The van der Waals surface area contributed by atoms with E-state index in [1.54, 1.807) is 18.5 Å². The van der Waals surface area contributed by atoms with E-state index in [9.17, 15) is 15.0 Å². The van der Waals surface area contributed by atoms with Crippen molar-refractivity contribution in [2.75, 3.05) is 24.5 Å². The van der Waals surface area contributed by atoms with Crippen LogP contribution in [0.4, 0.5) is 5.95 Å². The number of hydrogen-bond acceptors (Lipinski definition) is 6. The Morgan fingerprint density at radius 2 is 1.83 bits per heavy atom. The number of aromatic nitrogens is 2. The third-order valence-electron chi connectivity index (χ3n) is 5.06. The molecule has 0 aromatic carbocycles. The molecular formula is C17H26N4O3. The van der Waals surface area contributed by atoms with Gasteiger partial charge in [-0.3, -0.25) is 4.79 Å². The van der Waals surface area contributed by atoms with Crippen molar-refractivity contribution in [1.29, 1.82) is 0 Å². The summed E-state index contributed by atoms with van der Waals surface area (Å²) in [5.41, 5.74) is -1.85. The van der Waals surface area contributed by atoms with Crippen LogP contribution in [0.1, 0.15) is 44.9 Å². The quantitative estimate of drug-likeness (QED) is 0.730. The van der Waals surface area contributed by atoms with Crippen LogP contribution in [0.15, 0.2) is 18.5 Å².